The van der Waals surface area contributed by atoms with Crippen LogP contribution in [0.1, 0.15) is 73.1 Å². The molecule has 21 heavy (non-hydrogen) atoms. The van der Waals surface area contributed by atoms with E-state index < -0.39 is 5.60 Å². The van der Waals surface area contributed by atoms with Gasteiger partial charge in [-0.15, -0.1) is 6.58 Å². The summed E-state index contributed by atoms with van der Waals surface area (Å²) in [6.45, 7) is 15.4. The number of fused-ring (bicyclic) bond motifs is 1. The molecule has 0 heterocycles. The Balaban J connectivity index is 2.25. The van der Waals surface area contributed by atoms with E-state index >= 15 is 0 Å². The molecule has 0 aromatic rings. The number of hydrogen-bond donors (Lipinski definition) is 1. The van der Waals surface area contributed by atoms with Crippen LogP contribution < -0.4 is 0 Å². The van der Waals surface area contributed by atoms with Gasteiger partial charge in [0.1, 0.15) is 0 Å². The Bertz CT molecular complexity index is 429. The molecule has 1 nitrogen and oxygen atoms in total. The van der Waals surface area contributed by atoms with E-state index in [0.29, 0.717) is 22.7 Å². The van der Waals surface area contributed by atoms with Crippen molar-refractivity contribution in [1.29, 1.82) is 0 Å². The van der Waals surface area contributed by atoms with Crippen molar-refractivity contribution in [3.8, 4) is 0 Å². The molecule has 0 unspecified atom stereocenters. The molecule has 0 bridgehead atoms. The molecule has 1 fully saturated rings. The molecule has 1 heteroatoms. The van der Waals surface area contributed by atoms with Gasteiger partial charge in [-0.25, -0.2) is 0 Å². The normalized spacial score (nSPS) is 38.1. The van der Waals surface area contributed by atoms with Crippen molar-refractivity contribution >= 4 is 0 Å². The second kappa shape index (κ2) is 5.57. The maximum Gasteiger partial charge on any atom is 0.0797 e. The first kappa shape index (κ1) is 16.8. The Labute approximate surface area is 131 Å². The number of hydrogen-bond acceptors (Lipinski definition) is 1. The van der Waals surface area contributed by atoms with Crippen molar-refractivity contribution in [2.75, 3.05) is 0 Å². The van der Waals surface area contributed by atoms with Crippen LogP contribution >= 0.6 is 0 Å². The zero-order valence-electron chi connectivity index (χ0n) is 14.7. The average molecular weight is 290 g/mol. The smallest absolute Gasteiger partial charge is 0.0797 e. The summed E-state index contributed by atoms with van der Waals surface area (Å²) in [6, 6.07) is 0. The molecular formula is C20H34O. The van der Waals surface area contributed by atoms with Crippen LogP contribution in [0, 0.1) is 22.7 Å². The Hall–Kier alpha value is -0.560. The Morgan fingerprint density at radius 1 is 1.43 bits per heavy atom. The van der Waals surface area contributed by atoms with Gasteiger partial charge < -0.3 is 5.11 Å². The second-order valence-corrected chi connectivity index (χ2v) is 8.69. The van der Waals surface area contributed by atoms with Crippen molar-refractivity contribution in [3.63, 3.8) is 0 Å². The highest BCUT2D eigenvalue weighted by molar-refractivity contribution is 5.25. The van der Waals surface area contributed by atoms with E-state index in [4.69, 9.17) is 0 Å². The Morgan fingerprint density at radius 3 is 2.71 bits per heavy atom. The van der Waals surface area contributed by atoms with Crippen molar-refractivity contribution in [2.24, 2.45) is 22.7 Å². The predicted octanol–water partition coefficient (Wildman–Crippen LogP) is 5.50. The number of allylic oxidation sites excluding steroid dienone is 2. The molecule has 2 rings (SSSR count). The van der Waals surface area contributed by atoms with Crippen LogP contribution in [-0.2, 0) is 0 Å². The molecule has 1 saturated carbocycles. The zero-order chi connectivity index (χ0) is 15.9. The van der Waals surface area contributed by atoms with Gasteiger partial charge in [0, 0.05) is 0 Å². The largest absolute Gasteiger partial charge is 0.386 e. The van der Waals surface area contributed by atoms with E-state index in [1.807, 2.05) is 6.92 Å². The fourth-order valence-corrected chi connectivity index (χ4v) is 4.58. The summed E-state index contributed by atoms with van der Waals surface area (Å²) in [6.07, 6.45) is 11.3. The lowest BCUT2D eigenvalue weighted by atomic mass is 9.51. The van der Waals surface area contributed by atoms with Gasteiger partial charge in [-0.3, -0.25) is 0 Å². The maximum absolute atomic E-state index is 10.3. The maximum atomic E-state index is 10.3. The van der Waals surface area contributed by atoms with Crippen molar-refractivity contribution in [1.82, 2.24) is 0 Å². The summed E-state index contributed by atoms with van der Waals surface area (Å²) in [4.78, 5) is 0. The van der Waals surface area contributed by atoms with Gasteiger partial charge in [-0.2, -0.15) is 0 Å². The Kier molecular flexibility index (Phi) is 4.46. The molecule has 0 spiro atoms. The average Bonchev–Trinajstić information content (AvgIpc) is 2.41. The monoisotopic (exact) mass is 290 g/mol. The molecule has 120 valence electrons. The van der Waals surface area contributed by atoms with Crippen LogP contribution in [0.4, 0.5) is 0 Å². The minimum absolute atomic E-state index is 0.314. The van der Waals surface area contributed by atoms with Crippen molar-refractivity contribution in [3.05, 3.63) is 24.3 Å². The van der Waals surface area contributed by atoms with E-state index in [9.17, 15) is 5.11 Å². The summed E-state index contributed by atoms with van der Waals surface area (Å²) in [7, 11) is 0. The van der Waals surface area contributed by atoms with Gasteiger partial charge >= 0.3 is 0 Å². The van der Waals surface area contributed by atoms with Crippen LogP contribution in [0.25, 0.3) is 0 Å². The lowest BCUT2D eigenvalue weighted by Gasteiger charge is -2.53. The summed E-state index contributed by atoms with van der Waals surface area (Å²) >= 11 is 0. The quantitative estimate of drug-likeness (QED) is 0.678. The summed E-state index contributed by atoms with van der Waals surface area (Å²) in [5.74, 6) is 1.39. The van der Waals surface area contributed by atoms with Crippen LogP contribution in [0.15, 0.2) is 24.3 Å². The topological polar surface area (TPSA) is 20.2 Å². The first-order chi connectivity index (χ1) is 9.62. The minimum Gasteiger partial charge on any atom is -0.386 e. The van der Waals surface area contributed by atoms with Gasteiger partial charge in [0.2, 0.25) is 0 Å². The molecule has 0 amide bonds. The highest BCUT2D eigenvalue weighted by Crippen LogP contribution is 2.58. The van der Waals surface area contributed by atoms with Gasteiger partial charge in [0.15, 0.2) is 0 Å². The van der Waals surface area contributed by atoms with Crippen molar-refractivity contribution in [2.45, 2.75) is 78.7 Å². The molecule has 4 atom stereocenters. The lowest BCUT2D eigenvalue weighted by molar-refractivity contribution is 0.0234. The molecular weight excluding hydrogens is 256 g/mol. The van der Waals surface area contributed by atoms with Crippen LogP contribution in [0.2, 0.25) is 0 Å². The fourth-order valence-electron chi connectivity index (χ4n) is 4.58. The van der Waals surface area contributed by atoms with Gasteiger partial charge in [0.05, 0.1) is 5.60 Å². The SMILES string of the molecule is C=C[C@](C)(O)CC[C@@]1(C)[C@@H]2CCCC(C)(C)C2=CC[C@@H]1C. The third-order valence-electron chi connectivity index (χ3n) is 6.67. The third-order valence-corrected chi connectivity index (χ3v) is 6.67. The Morgan fingerprint density at radius 2 is 2.10 bits per heavy atom. The predicted molar refractivity (Wildman–Crippen MR) is 91.1 cm³/mol. The molecule has 0 aromatic heterocycles. The second-order valence-electron chi connectivity index (χ2n) is 8.69. The van der Waals surface area contributed by atoms with E-state index in [1.165, 1.54) is 25.7 Å². The standard InChI is InChI=1S/C20H34O/c1-7-19(5,21)13-14-20(6)15(2)10-11-16-17(20)9-8-12-18(16,3)4/h7,11,15,17,21H,1,8-10,12-14H2,2-6H3/t15-,17+,19-,20+/m0/s1. The zero-order valence-corrected chi connectivity index (χ0v) is 14.7. The fraction of sp³-hybridized carbons (Fsp3) is 0.800. The van der Waals surface area contributed by atoms with Crippen molar-refractivity contribution < 1.29 is 5.11 Å². The summed E-state index contributed by atoms with van der Waals surface area (Å²) in [5, 5.41) is 10.3. The number of rotatable bonds is 4. The lowest BCUT2D eigenvalue weighted by Crippen LogP contribution is -2.44. The highest BCUT2D eigenvalue weighted by atomic mass is 16.3. The summed E-state index contributed by atoms with van der Waals surface area (Å²) in [5.41, 5.74) is 1.65. The highest BCUT2D eigenvalue weighted by Gasteiger charge is 2.48. The van der Waals surface area contributed by atoms with Crippen LogP contribution in [0.3, 0.4) is 0 Å². The van der Waals surface area contributed by atoms with Gasteiger partial charge in [-0.1, -0.05) is 51.8 Å². The van der Waals surface area contributed by atoms with Gasteiger partial charge in [-0.05, 0) is 61.7 Å². The molecule has 0 aliphatic heterocycles. The van der Waals surface area contributed by atoms with Gasteiger partial charge in [0.25, 0.3) is 0 Å². The molecule has 0 radical (unpaired) electrons. The molecule has 2 aliphatic rings. The van der Waals surface area contributed by atoms with Crippen LogP contribution in [0.5, 0.6) is 0 Å². The van der Waals surface area contributed by atoms with E-state index in [1.54, 1.807) is 11.6 Å². The van der Waals surface area contributed by atoms with E-state index in [2.05, 4.69) is 40.3 Å². The molecule has 0 saturated heterocycles. The first-order valence-electron chi connectivity index (χ1n) is 8.69. The minimum atomic E-state index is -0.728. The van der Waals surface area contributed by atoms with E-state index in [-0.39, 0.29) is 0 Å². The van der Waals surface area contributed by atoms with E-state index in [0.717, 1.165) is 12.8 Å². The molecule has 1 N–H and O–H groups in total. The number of aliphatic hydroxyl groups is 1. The third kappa shape index (κ3) is 3.13. The summed E-state index contributed by atoms with van der Waals surface area (Å²) < 4.78 is 0. The first-order valence-corrected chi connectivity index (χ1v) is 8.69. The molecule has 2 aliphatic carbocycles. The molecule has 0 aromatic carbocycles. The van der Waals surface area contributed by atoms with Crippen LogP contribution in [-0.4, -0.2) is 10.7 Å².